The van der Waals surface area contributed by atoms with E-state index in [2.05, 4.69) is 0 Å². The summed E-state index contributed by atoms with van der Waals surface area (Å²) in [5.74, 6) is -0.769. The van der Waals surface area contributed by atoms with Gasteiger partial charge in [0.15, 0.2) is 5.76 Å². The highest BCUT2D eigenvalue weighted by Crippen LogP contribution is 2.35. The third kappa shape index (κ3) is 3.42. The van der Waals surface area contributed by atoms with Crippen molar-refractivity contribution in [2.45, 2.75) is 6.92 Å². The number of halogens is 1. The van der Waals surface area contributed by atoms with E-state index in [0.717, 1.165) is 5.56 Å². The lowest BCUT2D eigenvalue weighted by Crippen LogP contribution is -2.08. The van der Waals surface area contributed by atoms with Gasteiger partial charge >= 0.3 is 5.97 Å². The van der Waals surface area contributed by atoms with Crippen molar-refractivity contribution >= 4 is 17.8 Å². The fourth-order valence-corrected chi connectivity index (χ4v) is 2.90. The molecule has 1 aliphatic heterocycles. The van der Waals surface area contributed by atoms with Crippen molar-refractivity contribution in [3.63, 3.8) is 0 Å². The van der Waals surface area contributed by atoms with Gasteiger partial charge in [0.1, 0.15) is 17.3 Å². The molecule has 138 valence electrons. The van der Waals surface area contributed by atoms with Gasteiger partial charge in [-0.1, -0.05) is 35.9 Å². The Morgan fingerprint density at radius 3 is 2.64 bits per heavy atom. The SMILES string of the molecule is Cc1cccc(C(=O)Oc2ccc3c(c2)O/C(=C\c2ccccc2F)C3=O)c1. The van der Waals surface area contributed by atoms with Gasteiger partial charge in [-0.2, -0.15) is 0 Å². The maximum absolute atomic E-state index is 13.8. The highest BCUT2D eigenvalue weighted by Gasteiger charge is 2.28. The Kier molecular flexibility index (Phi) is 4.49. The van der Waals surface area contributed by atoms with E-state index in [9.17, 15) is 14.0 Å². The van der Waals surface area contributed by atoms with Crippen LogP contribution in [0, 0.1) is 12.7 Å². The molecule has 0 atom stereocenters. The van der Waals surface area contributed by atoms with Gasteiger partial charge in [0.25, 0.3) is 0 Å². The number of hydrogen-bond acceptors (Lipinski definition) is 4. The van der Waals surface area contributed by atoms with Gasteiger partial charge in [0.2, 0.25) is 5.78 Å². The largest absolute Gasteiger partial charge is 0.452 e. The number of benzene rings is 3. The molecular weight excluding hydrogens is 359 g/mol. The number of aryl methyl sites for hydroxylation is 1. The number of allylic oxidation sites excluding steroid dienone is 1. The monoisotopic (exact) mass is 374 g/mol. The van der Waals surface area contributed by atoms with Crippen LogP contribution in [0.15, 0.2) is 72.5 Å². The third-order valence-electron chi connectivity index (χ3n) is 4.30. The molecule has 0 aliphatic carbocycles. The summed E-state index contributed by atoms with van der Waals surface area (Å²) in [5, 5.41) is 0. The lowest BCUT2D eigenvalue weighted by Gasteiger charge is -2.06. The summed E-state index contributed by atoms with van der Waals surface area (Å²) in [6.45, 7) is 1.88. The van der Waals surface area contributed by atoms with Crippen LogP contribution in [-0.2, 0) is 0 Å². The predicted molar refractivity (Wildman–Crippen MR) is 102 cm³/mol. The Morgan fingerprint density at radius 1 is 1.04 bits per heavy atom. The van der Waals surface area contributed by atoms with Crippen molar-refractivity contribution in [2.24, 2.45) is 0 Å². The molecule has 0 amide bonds. The average molecular weight is 374 g/mol. The van der Waals surface area contributed by atoms with Crippen LogP contribution in [0.1, 0.15) is 31.8 Å². The summed E-state index contributed by atoms with van der Waals surface area (Å²) in [6.07, 6.45) is 1.36. The van der Waals surface area contributed by atoms with Gasteiger partial charge in [-0.05, 0) is 43.3 Å². The third-order valence-corrected chi connectivity index (χ3v) is 4.30. The van der Waals surface area contributed by atoms with E-state index in [-0.39, 0.29) is 28.6 Å². The molecule has 0 aromatic heterocycles. The van der Waals surface area contributed by atoms with Gasteiger partial charge in [-0.25, -0.2) is 9.18 Å². The maximum atomic E-state index is 13.8. The first kappa shape index (κ1) is 17.7. The fraction of sp³-hybridized carbons (Fsp3) is 0.0435. The average Bonchev–Trinajstić information content (AvgIpc) is 2.98. The van der Waals surface area contributed by atoms with E-state index in [1.54, 1.807) is 36.4 Å². The van der Waals surface area contributed by atoms with Gasteiger partial charge in [-0.3, -0.25) is 4.79 Å². The van der Waals surface area contributed by atoms with Crippen molar-refractivity contribution in [3.8, 4) is 11.5 Å². The summed E-state index contributed by atoms with van der Waals surface area (Å²) in [6, 6.07) is 17.7. The molecule has 4 rings (SSSR count). The van der Waals surface area contributed by atoms with Crippen LogP contribution < -0.4 is 9.47 Å². The summed E-state index contributed by atoms with van der Waals surface area (Å²) in [5.41, 5.74) is 1.96. The molecule has 28 heavy (non-hydrogen) atoms. The quantitative estimate of drug-likeness (QED) is 0.369. The van der Waals surface area contributed by atoms with E-state index in [1.165, 1.54) is 30.3 Å². The minimum absolute atomic E-state index is 0.0160. The van der Waals surface area contributed by atoms with Crippen molar-refractivity contribution in [3.05, 3.63) is 101 Å². The molecule has 1 aliphatic rings. The first-order chi connectivity index (χ1) is 13.5. The van der Waals surface area contributed by atoms with E-state index in [0.29, 0.717) is 11.1 Å². The fourth-order valence-electron chi connectivity index (χ4n) is 2.90. The molecule has 0 fully saturated rings. The second-order valence-corrected chi connectivity index (χ2v) is 6.38. The first-order valence-electron chi connectivity index (χ1n) is 8.63. The van der Waals surface area contributed by atoms with Crippen molar-refractivity contribution in [2.75, 3.05) is 0 Å². The number of Topliss-reactive ketones (excluding diaryl/α,β-unsaturated/α-hetero) is 1. The molecule has 0 saturated heterocycles. The van der Waals surface area contributed by atoms with Crippen molar-refractivity contribution in [1.82, 2.24) is 0 Å². The van der Waals surface area contributed by atoms with Crippen molar-refractivity contribution < 1.29 is 23.5 Å². The highest BCUT2D eigenvalue weighted by atomic mass is 19.1. The van der Waals surface area contributed by atoms with Crippen LogP contribution in [0.25, 0.3) is 6.08 Å². The number of rotatable bonds is 3. The summed E-state index contributed by atoms with van der Waals surface area (Å²) in [7, 11) is 0. The van der Waals surface area contributed by atoms with Crippen molar-refractivity contribution in [1.29, 1.82) is 0 Å². The number of carbonyl (C=O) groups is 2. The van der Waals surface area contributed by atoms with Crippen LogP contribution in [0.2, 0.25) is 0 Å². The normalized spacial score (nSPS) is 13.9. The Hall–Kier alpha value is -3.73. The van der Waals surface area contributed by atoms with E-state index in [4.69, 9.17) is 9.47 Å². The van der Waals surface area contributed by atoms with Crippen LogP contribution in [0.4, 0.5) is 4.39 Å². The minimum Gasteiger partial charge on any atom is -0.452 e. The molecule has 1 heterocycles. The molecule has 5 heteroatoms. The predicted octanol–water partition coefficient (Wildman–Crippen LogP) is 4.97. The molecular formula is C23H15FO4. The Balaban J connectivity index is 1.57. The van der Waals surface area contributed by atoms with E-state index >= 15 is 0 Å². The van der Waals surface area contributed by atoms with Gasteiger partial charge < -0.3 is 9.47 Å². The van der Waals surface area contributed by atoms with Crippen LogP contribution >= 0.6 is 0 Å². The zero-order valence-electron chi connectivity index (χ0n) is 14.9. The van der Waals surface area contributed by atoms with Crippen LogP contribution in [0.3, 0.4) is 0 Å². The summed E-state index contributed by atoms with van der Waals surface area (Å²) >= 11 is 0. The summed E-state index contributed by atoms with van der Waals surface area (Å²) < 4.78 is 24.8. The molecule has 0 N–H and O–H groups in total. The molecule has 0 radical (unpaired) electrons. The number of ether oxygens (including phenoxy) is 2. The highest BCUT2D eigenvalue weighted by molar-refractivity contribution is 6.14. The topological polar surface area (TPSA) is 52.6 Å². The minimum atomic E-state index is -0.505. The summed E-state index contributed by atoms with van der Waals surface area (Å²) in [4.78, 5) is 24.8. The zero-order chi connectivity index (χ0) is 19.7. The molecule has 3 aromatic carbocycles. The van der Waals surface area contributed by atoms with E-state index < -0.39 is 11.8 Å². The van der Waals surface area contributed by atoms with Crippen LogP contribution in [-0.4, -0.2) is 11.8 Å². The number of esters is 1. The Bertz CT molecular complexity index is 1130. The number of carbonyl (C=O) groups excluding carboxylic acids is 2. The molecule has 0 saturated carbocycles. The standard InChI is InChI=1S/C23H15FO4/c1-14-5-4-7-16(11-14)23(26)27-17-9-10-18-20(13-17)28-21(22(18)25)12-15-6-2-3-8-19(15)24/h2-13H,1H3/b21-12-. The van der Waals surface area contributed by atoms with Crippen LogP contribution in [0.5, 0.6) is 11.5 Å². The zero-order valence-corrected chi connectivity index (χ0v) is 14.9. The smallest absolute Gasteiger partial charge is 0.343 e. The Labute approximate surface area is 160 Å². The molecule has 0 unspecified atom stereocenters. The van der Waals surface area contributed by atoms with Gasteiger partial charge in [-0.15, -0.1) is 0 Å². The number of ketones is 1. The second kappa shape index (κ2) is 7.12. The Morgan fingerprint density at radius 2 is 1.86 bits per heavy atom. The van der Waals surface area contributed by atoms with E-state index in [1.807, 2.05) is 13.0 Å². The second-order valence-electron chi connectivity index (χ2n) is 6.38. The lowest BCUT2D eigenvalue weighted by molar-refractivity contribution is 0.0734. The molecule has 3 aromatic rings. The maximum Gasteiger partial charge on any atom is 0.343 e. The molecule has 0 spiro atoms. The number of hydrogen-bond donors (Lipinski definition) is 0. The number of fused-ring (bicyclic) bond motifs is 1. The van der Waals surface area contributed by atoms with Gasteiger partial charge in [0, 0.05) is 11.6 Å². The molecule has 4 nitrogen and oxygen atoms in total. The molecule has 0 bridgehead atoms. The first-order valence-corrected chi connectivity index (χ1v) is 8.63. The lowest BCUT2D eigenvalue weighted by atomic mass is 10.1. The van der Waals surface area contributed by atoms with Gasteiger partial charge in [0.05, 0.1) is 11.1 Å².